The van der Waals surface area contributed by atoms with Gasteiger partial charge in [0.2, 0.25) is 0 Å². The minimum Gasteiger partial charge on any atom is -0.481 e. The van der Waals surface area contributed by atoms with E-state index in [1.807, 2.05) is 19.9 Å². The second-order valence-electron chi connectivity index (χ2n) is 4.88. The zero-order valence-corrected chi connectivity index (χ0v) is 14.3. The first-order valence-corrected chi connectivity index (χ1v) is 8.11. The van der Waals surface area contributed by atoms with Gasteiger partial charge < -0.3 is 25.2 Å². The molecule has 0 atom stereocenters. The molecule has 0 saturated heterocycles. The fourth-order valence-electron chi connectivity index (χ4n) is 1.82. The van der Waals surface area contributed by atoms with Gasteiger partial charge in [-0.25, -0.2) is 0 Å². The summed E-state index contributed by atoms with van der Waals surface area (Å²) in [4.78, 5) is 22.2. The van der Waals surface area contributed by atoms with Crippen molar-refractivity contribution in [3.8, 4) is 6.07 Å². The average molecular weight is 341 g/mol. The highest BCUT2D eigenvalue weighted by atomic mass is 16.7. The molecule has 3 N–H and O–H groups in total. The number of carbonyl (C=O) groups excluding carboxylic acids is 1. The van der Waals surface area contributed by atoms with Crippen molar-refractivity contribution in [2.75, 3.05) is 26.3 Å². The molecule has 1 amide bonds. The molecule has 0 saturated carbocycles. The Hall–Kier alpha value is -2.11. The molecular formula is C16H27N3O5. The Labute approximate surface area is 142 Å². The molecule has 0 aliphatic heterocycles. The van der Waals surface area contributed by atoms with Gasteiger partial charge >= 0.3 is 5.97 Å². The van der Waals surface area contributed by atoms with Crippen molar-refractivity contribution in [1.82, 2.24) is 10.6 Å². The summed E-state index contributed by atoms with van der Waals surface area (Å²) in [6.07, 6.45) is 2.98. The van der Waals surface area contributed by atoms with E-state index >= 15 is 0 Å². The Kier molecular flexibility index (Phi) is 13.2. The van der Waals surface area contributed by atoms with Crippen LogP contribution in [0.1, 0.15) is 39.5 Å². The number of unbranched alkanes of at least 4 members (excludes halogenated alkanes) is 2. The summed E-state index contributed by atoms with van der Waals surface area (Å²) < 4.78 is 10.7. The van der Waals surface area contributed by atoms with Gasteiger partial charge in [0.1, 0.15) is 11.6 Å². The fourth-order valence-corrected chi connectivity index (χ4v) is 1.82. The van der Waals surface area contributed by atoms with Crippen LogP contribution in [0.3, 0.4) is 0 Å². The third kappa shape index (κ3) is 11.5. The van der Waals surface area contributed by atoms with E-state index in [2.05, 4.69) is 10.6 Å². The Bertz CT molecular complexity index is 439. The molecule has 0 heterocycles. The van der Waals surface area contributed by atoms with Gasteiger partial charge in [-0.15, -0.1) is 0 Å². The minimum atomic E-state index is -0.822. The third-order valence-corrected chi connectivity index (χ3v) is 2.95. The molecule has 0 aromatic carbocycles. The monoisotopic (exact) mass is 341 g/mol. The van der Waals surface area contributed by atoms with Gasteiger partial charge in [0.25, 0.3) is 5.91 Å². The Morgan fingerprint density at radius 2 is 1.88 bits per heavy atom. The standard InChI is InChI=1S/C16H27N3O5/c1-3-23-15(24-4-2)12-18-11-13(10-17)16(22)19-9-7-5-6-8-14(20)21/h11,15,18H,3-9,12H2,1-2H3,(H,19,22)(H,20,21)/b13-11-. The number of nitriles is 1. The molecule has 0 aliphatic carbocycles. The molecular weight excluding hydrogens is 314 g/mol. The quantitative estimate of drug-likeness (QED) is 0.187. The molecule has 24 heavy (non-hydrogen) atoms. The lowest BCUT2D eigenvalue weighted by Crippen LogP contribution is -2.31. The van der Waals surface area contributed by atoms with E-state index < -0.39 is 18.2 Å². The minimum absolute atomic E-state index is 0.0349. The molecule has 0 aliphatic rings. The van der Waals surface area contributed by atoms with Gasteiger partial charge in [-0.05, 0) is 26.7 Å². The lowest BCUT2D eigenvalue weighted by molar-refractivity contribution is -0.137. The normalized spacial score (nSPS) is 11.2. The van der Waals surface area contributed by atoms with Crippen molar-refractivity contribution in [1.29, 1.82) is 5.26 Å². The number of rotatable bonds is 14. The van der Waals surface area contributed by atoms with Gasteiger partial charge in [0, 0.05) is 32.4 Å². The number of amides is 1. The Morgan fingerprint density at radius 1 is 1.21 bits per heavy atom. The Balaban J connectivity index is 4.10. The number of nitrogens with zero attached hydrogens (tertiary/aromatic N) is 1. The molecule has 0 spiro atoms. The molecule has 8 heteroatoms. The van der Waals surface area contributed by atoms with Crippen molar-refractivity contribution < 1.29 is 24.2 Å². The predicted molar refractivity (Wildman–Crippen MR) is 87.9 cm³/mol. The van der Waals surface area contributed by atoms with Crippen molar-refractivity contribution in [2.45, 2.75) is 45.8 Å². The lowest BCUT2D eigenvalue weighted by Gasteiger charge is -2.16. The smallest absolute Gasteiger partial charge is 0.303 e. The van der Waals surface area contributed by atoms with E-state index in [4.69, 9.17) is 19.8 Å². The molecule has 0 rings (SSSR count). The van der Waals surface area contributed by atoms with E-state index in [9.17, 15) is 9.59 Å². The third-order valence-electron chi connectivity index (χ3n) is 2.95. The van der Waals surface area contributed by atoms with Gasteiger partial charge in [-0.1, -0.05) is 6.42 Å². The highest BCUT2D eigenvalue weighted by Crippen LogP contribution is 1.99. The number of aliphatic carboxylic acids is 1. The average Bonchev–Trinajstić information content (AvgIpc) is 2.54. The molecule has 0 aromatic rings. The maximum absolute atomic E-state index is 11.8. The topological polar surface area (TPSA) is 121 Å². The van der Waals surface area contributed by atoms with Gasteiger partial charge in [-0.2, -0.15) is 5.26 Å². The van der Waals surface area contributed by atoms with Crippen LogP contribution in [0.5, 0.6) is 0 Å². The summed E-state index contributed by atoms with van der Waals surface area (Å²) in [5.41, 5.74) is -0.0349. The molecule has 0 fully saturated rings. The summed E-state index contributed by atoms with van der Waals surface area (Å²) in [5, 5.41) is 23.0. The highest BCUT2D eigenvalue weighted by Gasteiger charge is 2.10. The van der Waals surface area contributed by atoms with Crippen molar-refractivity contribution in [3.05, 3.63) is 11.8 Å². The zero-order chi connectivity index (χ0) is 18.2. The van der Waals surface area contributed by atoms with Crippen LogP contribution < -0.4 is 10.6 Å². The molecule has 8 nitrogen and oxygen atoms in total. The molecule has 0 radical (unpaired) electrons. The summed E-state index contributed by atoms with van der Waals surface area (Å²) in [7, 11) is 0. The fraction of sp³-hybridized carbons (Fsp3) is 0.688. The largest absolute Gasteiger partial charge is 0.481 e. The summed E-state index contributed by atoms with van der Waals surface area (Å²) in [6.45, 7) is 5.44. The highest BCUT2D eigenvalue weighted by molar-refractivity contribution is 5.97. The van der Waals surface area contributed by atoms with Crippen molar-refractivity contribution >= 4 is 11.9 Å². The number of ether oxygens (including phenoxy) is 2. The van der Waals surface area contributed by atoms with Crippen molar-refractivity contribution in [3.63, 3.8) is 0 Å². The van der Waals surface area contributed by atoms with Crippen LogP contribution in [0.25, 0.3) is 0 Å². The SMILES string of the molecule is CCOC(CN/C=C(/C#N)C(=O)NCCCCCC(=O)O)OCC. The van der Waals surface area contributed by atoms with Crippen LogP contribution in [-0.4, -0.2) is 49.6 Å². The lowest BCUT2D eigenvalue weighted by atomic mass is 10.2. The van der Waals surface area contributed by atoms with E-state index in [0.29, 0.717) is 45.6 Å². The first kappa shape index (κ1) is 21.9. The van der Waals surface area contributed by atoms with Gasteiger partial charge in [0.15, 0.2) is 6.29 Å². The van der Waals surface area contributed by atoms with Gasteiger partial charge in [0.05, 0.1) is 6.54 Å². The van der Waals surface area contributed by atoms with E-state index in [-0.39, 0.29) is 12.0 Å². The van der Waals surface area contributed by atoms with Crippen LogP contribution in [0, 0.1) is 11.3 Å². The van der Waals surface area contributed by atoms with Crippen LogP contribution in [-0.2, 0) is 19.1 Å². The number of carboxylic acid groups (broad SMARTS) is 1. The maximum Gasteiger partial charge on any atom is 0.303 e. The second-order valence-corrected chi connectivity index (χ2v) is 4.88. The van der Waals surface area contributed by atoms with Crippen molar-refractivity contribution in [2.24, 2.45) is 0 Å². The van der Waals surface area contributed by atoms with Crippen LogP contribution in [0.15, 0.2) is 11.8 Å². The Morgan fingerprint density at radius 3 is 2.42 bits per heavy atom. The van der Waals surface area contributed by atoms with Gasteiger partial charge in [-0.3, -0.25) is 9.59 Å². The van der Waals surface area contributed by atoms with E-state index in [1.54, 1.807) is 0 Å². The van der Waals surface area contributed by atoms with Crippen LogP contribution >= 0.6 is 0 Å². The number of carboxylic acids is 1. The van der Waals surface area contributed by atoms with E-state index in [0.717, 1.165) is 0 Å². The first-order valence-electron chi connectivity index (χ1n) is 8.11. The number of carbonyl (C=O) groups is 2. The number of nitrogens with one attached hydrogen (secondary N) is 2. The zero-order valence-electron chi connectivity index (χ0n) is 14.3. The molecule has 0 unspecified atom stereocenters. The summed E-state index contributed by atoms with van der Waals surface area (Å²) in [5.74, 6) is -1.29. The van der Waals surface area contributed by atoms with E-state index in [1.165, 1.54) is 6.20 Å². The number of hydrogen-bond donors (Lipinski definition) is 3. The number of hydrogen-bond acceptors (Lipinski definition) is 6. The second kappa shape index (κ2) is 14.5. The van der Waals surface area contributed by atoms with Crippen LogP contribution in [0.2, 0.25) is 0 Å². The predicted octanol–water partition coefficient (Wildman–Crippen LogP) is 1.14. The molecule has 136 valence electrons. The summed E-state index contributed by atoms with van der Waals surface area (Å²) >= 11 is 0. The first-order chi connectivity index (χ1) is 11.5. The van der Waals surface area contributed by atoms with Crippen LogP contribution in [0.4, 0.5) is 0 Å². The maximum atomic E-state index is 11.8. The molecule has 0 aromatic heterocycles. The summed E-state index contributed by atoms with van der Waals surface area (Å²) in [6, 6.07) is 1.83. The molecule has 0 bridgehead atoms.